The number of carbonyl (C=O) groups excluding carboxylic acids is 2. The van der Waals surface area contributed by atoms with E-state index in [0.29, 0.717) is 30.2 Å². The number of β-amino-alcohol motifs (C(OH)–C–C–N with tert-alkyl or cyclic N) is 1. The summed E-state index contributed by atoms with van der Waals surface area (Å²) in [5, 5.41) is 14.4. The van der Waals surface area contributed by atoms with Crippen molar-refractivity contribution in [3.8, 4) is 16.3 Å². The Morgan fingerprint density at radius 3 is 2.63 bits per heavy atom. The van der Waals surface area contributed by atoms with Crippen LogP contribution in [0.5, 0.6) is 5.88 Å². The molecular weight excluding hydrogens is 504 g/mol. The number of aliphatic hydroxyl groups is 1. The fraction of sp³-hybridized carbons (Fsp3) is 0.464. The van der Waals surface area contributed by atoms with Gasteiger partial charge in [-0.3, -0.25) is 9.59 Å². The lowest BCUT2D eigenvalue weighted by molar-refractivity contribution is -0.134. The van der Waals surface area contributed by atoms with Crippen molar-refractivity contribution in [1.82, 2.24) is 15.0 Å². The number of hydrogen-bond acceptors (Lipinski definition) is 8. The molecule has 2 amide bonds. The summed E-state index contributed by atoms with van der Waals surface area (Å²) < 4.78 is 10.6. The summed E-state index contributed by atoms with van der Waals surface area (Å²) in [5.74, 6) is -0.401. The summed E-state index contributed by atoms with van der Waals surface area (Å²) in [4.78, 5) is 38.7. The molecule has 5 rings (SSSR count). The van der Waals surface area contributed by atoms with Gasteiger partial charge in [-0.15, -0.1) is 11.3 Å². The predicted molar refractivity (Wildman–Crippen MR) is 143 cm³/mol. The van der Waals surface area contributed by atoms with Crippen LogP contribution < -0.4 is 4.74 Å². The van der Waals surface area contributed by atoms with E-state index < -0.39 is 23.5 Å². The summed E-state index contributed by atoms with van der Waals surface area (Å²) in [7, 11) is 1.49. The molecule has 1 fully saturated rings. The highest BCUT2D eigenvalue weighted by Gasteiger charge is 2.48. The molecule has 0 radical (unpaired) electrons. The average molecular weight is 537 g/mol. The first kappa shape index (κ1) is 26.2. The number of methoxy groups -OCH3 is 1. The largest absolute Gasteiger partial charge is 0.479 e. The molecule has 10 heteroatoms. The Hall–Kier alpha value is -3.37. The maximum absolute atomic E-state index is 13.8. The molecule has 1 saturated heterocycles. The number of aliphatic hydroxyl groups excluding tert-OH is 1. The molecular formula is C28H32N4O5S. The zero-order chi connectivity index (χ0) is 27.2. The second kappa shape index (κ2) is 10.1. The maximum atomic E-state index is 13.8. The van der Waals surface area contributed by atoms with Crippen molar-refractivity contribution in [2.75, 3.05) is 13.7 Å². The van der Waals surface area contributed by atoms with Crippen molar-refractivity contribution in [2.45, 2.75) is 64.0 Å². The minimum absolute atomic E-state index is 0.0864. The summed E-state index contributed by atoms with van der Waals surface area (Å²) in [6.45, 7) is 7.92. The molecule has 4 heterocycles. The molecule has 2 aromatic heterocycles. The molecule has 0 saturated carbocycles. The van der Waals surface area contributed by atoms with Gasteiger partial charge in [0.15, 0.2) is 5.76 Å². The molecule has 4 atom stereocenters. The lowest BCUT2D eigenvalue weighted by Crippen LogP contribution is -2.44. The normalized spacial score (nSPS) is 24.2. The molecule has 1 N–H and O–H groups in total. The number of amides is 2. The quantitative estimate of drug-likeness (QED) is 0.482. The molecule has 3 aromatic rings. The van der Waals surface area contributed by atoms with Crippen molar-refractivity contribution in [3.63, 3.8) is 0 Å². The molecule has 38 heavy (non-hydrogen) atoms. The van der Waals surface area contributed by atoms with Gasteiger partial charge in [-0.2, -0.15) is 0 Å². The Bertz CT molecular complexity index is 1380. The van der Waals surface area contributed by atoms with Crippen LogP contribution in [-0.4, -0.2) is 63.5 Å². The van der Waals surface area contributed by atoms with Crippen LogP contribution in [0.4, 0.5) is 0 Å². The first-order valence-corrected chi connectivity index (χ1v) is 13.6. The minimum atomic E-state index is -0.839. The van der Waals surface area contributed by atoms with Gasteiger partial charge in [-0.1, -0.05) is 38.1 Å². The van der Waals surface area contributed by atoms with E-state index in [0.717, 1.165) is 21.7 Å². The second-order valence-corrected chi connectivity index (χ2v) is 11.5. The van der Waals surface area contributed by atoms with Crippen LogP contribution in [0.2, 0.25) is 0 Å². The van der Waals surface area contributed by atoms with E-state index in [1.165, 1.54) is 7.11 Å². The van der Waals surface area contributed by atoms with E-state index in [1.807, 2.05) is 57.5 Å². The van der Waals surface area contributed by atoms with Gasteiger partial charge in [0, 0.05) is 31.2 Å². The summed E-state index contributed by atoms with van der Waals surface area (Å²) >= 11 is 1.59. The molecule has 0 unspecified atom stereocenters. The zero-order valence-electron chi connectivity index (χ0n) is 22.2. The third kappa shape index (κ3) is 4.56. The van der Waals surface area contributed by atoms with Crippen molar-refractivity contribution < 1.29 is 24.0 Å². The van der Waals surface area contributed by atoms with E-state index in [-0.39, 0.29) is 24.3 Å². The Morgan fingerprint density at radius 1 is 1.29 bits per heavy atom. The zero-order valence-corrected chi connectivity index (χ0v) is 23.0. The highest BCUT2D eigenvalue weighted by atomic mass is 32.1. The third-order valence-electron chi connectivity index (χ3n) is 7.68. The number of hydrogen-bond donors (Lipinski definition) is 1. The average Bonchev–Trinajstić information content (AvgIpc) is 3.67. The van der Waals surface area contributed by atoms with Gasteiger partial charge >= 0.3 is 0 Å². The Morgan fingerprint density at radius 2 is 2.03 bits per heavy atom. The first-order valence-electron chi connectivity index (χ1n) is 12.7. The van der Waals surface area contributed by atoms with Gasteiger partial charge < -0.3 is 19.3 Å². The highest BCUT2D eigenvalue weighted by Crippen LogP contribution is 2.40. The van der Waals surface area contributed by atoms with E-state index >= 15 is 0 Å². The number of aromatic nitrogens is 2. The number of aryl methyl sites for hydroxylation is 1. The number of benzene rings is 1. The van der Waals surface area contributed by atoms with Crippen LogP contribution in [0.1, 0.15) is 56.5 Å². The molecule has 0 spiro atoms. The Balaban J connectivity index is 1.39. The highest BCUT2D eigenvalue weighted by molar-refractivity contribution is 7.13. The van der Waals surface area contributed by atoms with Crippen molar-refractivity contribution in [2.24, 2.45) is 10.9 Å². The number of aliphatic imine (C=N–C) groups is 1. The monoisotopic (exact) mass is 536 g/mol. The predicted octanol–water partition coefficient (Wildman–Crippen LogP) is 4.15. The minimum Gasteiger partial charge on any atom is -0.479 e. The molecule has 0 bridgehead atoms. The van der Waals surface area contributed by atoms with Crippen molar-refractivity contribution >= 4 is 28.9 Å². The molecule has 9 nitrogen and oxygen atoms in total. The van der Waals surface area contributed by atoms with Gasteiger partial charge in [-0.05, 0) is 36.0 Å². The Kier molecular flexibility index (Phi) is 6.96. The number of ether oxygens (including phenoxy) is 1. The number of thiazole rings is 1. The molecule has 200 valence electrons. The molecule has 2 aliphatic heterocycles. The van der Waals surface area contributed by atoms with Crippen LogP contribution in [0.15, 0.2) is 45.4 Å². The number of rotatable bonds is 7. The van der Waals surface area contributed by atoms with E-state index in [4.69, 9.17) is 9.26 Å². The van der Waals surface area contributed by atoms with Crippen molar-refractivity contribution in [1.29, 1.82) is 0 Å². The smallest absolute Gasteiger partial charge is 0.256 e. The van der Waals surface area contributed by atoms with Crippen LogP contribution >= 0.6 is 11.3 Å². The molecule has 2 aliphatic rings. The van der Waals surface area contributed by atoms with Gasteiger partial charge in [-0.25, -0.2) is 9.98 Å². The number of likely N-dealkylation sites (tertiary alicyclic amines) is 1. The lowest BCUT2D eigenvalue weighted by atomic mass is 9.78. The standard InChI is InChI=1S/C28H32N4O5S/c1-15(2)24(22-11-23(36-5)31-37-22)26(34)32-13-19(33)10-21(32)20-12-28(4,27(35)30-20)18-8-6-17(7-9-18)25-16(3)29-14-38-25/h6-9,11,14-15,19,21,24,33H,10,12-13H2,1-5H3/t19-,21+,24-,28+/m1/s1. The topological polar surface area (TPSA) is 118 Å². The fourth-order valence-corrected chi connectivity index (χ4v) is 6.33. The van der Waals surface area contributed by atoms with Crippen LogP contribution in [0.25, 0.3) is 10.4 Å². The lowest BCUT2D eigenvalue weighted by Gasteiger charge is -2.30. The van der Waals surface area contributed by atoms with E-state index in [1.54, 1.807) is 22.3 Å². The first-order chi connectivity index (χ1) is 18.1. The van der Waals surface area contributed by atoms with Gasteiger partial charge in [0.05, 0.1) is 40.8 Å². The summed E-state index contributed by atoms with van der Waals surface area (Å²) in [6.07, 6.45) is 0.0174. The molecule has 1 aromatic carbocycles. The van der Waals surface area contributed by atoms with Crippen LogP contribution in [0.3, 0.4) is 0 Å². The molecule has 0 aliphatic carbocycles. The van der Waals surface area contributed by atoms with Gasteiger partial charge in [0.2, 0.25) is 5.91 Å². The van der Waals surface area contributed by atoms with E-state index in [2.05, 4.69) is 15.1 Å². The summed E-state index contributed by atoms with van der Waals surface area (Å²) in [6, 6.07) is 9.14. The summed E-state index contributed by atoms with van der Waals surface area (Å²) in [5.41, 5.74) is 4.52. The van der Waals surface area contributed by atoms with Crippen molar-refractivity contribution in [3.05, 3.63) is 52.9 Å². The van der Waals surface area contributed by atoms with Crippen LogP contribution in [-0.2, 0) is 15.0 Å². The second-order valence-electron chi connectivity index (χ2n) is 10.7. The number of nitrogens with zero attached hydrogens (tertiary/aromatic N) is 4. The van der Waals surface area contributed by atoms with Crippen LogP contribution in [0, 0.1) is 12.8 Å². The van der Waals surface area contributed by atoms with Gasteiger partial charge in [0.1, 0.15) is 5.92 Å². The third-order valence-corrected chi connectivity index (χ3v) is 8.66. The number of carbonyl (C=O) groups is 2. The Labute approximate surface area is 225 Å². The maximum Gasteiger partial charge on any atom is 0.256 e. The van der Waals surface area contributed by atoms with Gasteiger partial charge in [0.25, 0.3) is 11.8 Å². The van der Waals surface area contributed by atoms with E-state index in [9.17, 15) is 14.7 Å². The fourth-order valence-electron chi connectivity index (χ4n) is 5.52. The SMILES string of the molecule is COc1cc([C@H](C(=O)N2C[C@H](O)C[C@H]2C2=NC(=O)[C@](C)(c3ccc(-c4scnc4C)cc3)C2)C(C)C)on1.